The Balaban J connectivity index is 2.25. The SMILES string of the molecule is CN(C)c1cccc(Oc2cc(NN)nc(N)n2)c1. The highest BCUT2D eigenvalue weighted by molar-refractivity contribution is 5.50. The van der Waals surface area contributed by atoms with Crippen molar-refractivity contribution in [3.63, 3.8) is 0 Å². The number of anilines is 3. The van der Waals surface area contributed by atoms with Crippen molar-refractivity contribution in [3.8, 4) is 11.6 Å². The van der Waals surface area contributed by atoms with E-state index in [0.717, 1.165) is 5.69 Å². The van der Waals surface area contributed by atoms with Crippen LogP contribution in [0.3, 0.4) is 0 Å². The summed E-state index contributed by atoms with van der Waals surface area (Å²) in [5.74, 6) is 6.76. The lowest BCUT2D eigenvalue weighted by Crippen LogP contribution is -2.10. The Bertz CT molecular complexity index is 572. The van der Waals surface area contributed by atoms with E-state index >= 15 is 0 Å². The van der Waals surface area contributed by atoms with Gasteiger partial charge in [-0.25, -0.2) is 5.84 Å². The lowest BCUT2D eigenvalue weighted by Gasteiger charge is -2.13. The van der Waals surface area contributed by atoms with Crippen molar-refractivity contribution in [3.05, 3.63) is 30.3 Å². The van der Waals surface area contributed by atoms with Crippen LogP contribution in [0.5, 0.6) is 11.6 Å². The fraction of sp³-hybridized carbons (Fsp3) is 0.167. The second-order valence-corrected chi connectivity index (χ2v) is 4.09. The van der Waals surface area contributed by atoms with Crippen molar-refractivity contribution < 1.29 is 4.74 Å². The van der Waals surface area contributed by atoms with E-state index in [1.54, 1.807) is 6.07 Å². The number of hydrogen-bond acceptors (Lipinski definition) is 7. The molecule has 0 spiro atoms. The Morgan fingerprint density at radius 1 is 1.21 bits per heavy atom. The highest BCUT2D eigenvalue weighted by Crippen LogP contribution is 2.25. The van der Waals surface area contributed by atoms with E-state index in [2.05, 4.69) is 15.4 Å². The largest absolute Gasteiger partial charge is 0.439 e. The molecule has 0 aliphatic heterocycles. The average Bonchev–Trinajstić information content (AvgIpc) is 2.38. The molecule has 19 heavy (non-hydrogen) atoms. The number of aromatic nitrogens is 2. The van der Waals surface area contributed by atoms with E-state index in [4.69, 9.17) is 16.3 Å². The molecule has 2 rings (SSSR count). The van der Waals surface area contributed by atoms with Gasteiger partial charge in [-0.3, -0.25) is 0 Å². The predicted octanol–water partition coefficient (Wildman–Crippen LogP) is 1.20. The molecule has 2 aromatic rings. The Kier molecular flexibility index (Phi) is 3.67. The third kappa shape index (κ3) is 3.23. The molecule has 0 bridgehead atoms. The van der Waals surface area contributed by atoms with Gasteiger partial charge in [-0.1, -0.05) is 6.07 Å². The molecule has 0 aliphatic carbocycles. The zero-order valence-corrected chi connectivity index (χ0v) is 10.8. The summed E-state index contributed by atoms with van der Waals surface area (Å²) in [6.45, 7) is 0. The molecular formula is C12H16N6O. The van der Waals surface area contributed by atoms with Gasteiger partial charge in [0.15, 0.2) is 0 Å². The number of hydrogen-bond donors (Lipinski definition) is 3. The van der Waals surface area contributed by atoms with Crippen molar-refractivity contribution in [2.24, 2.45) is 5.84 Å². The van der Waals surface area contributed by atoms with Crippen LogP contribution in [0.15, 0.2) is 30.3 Å². The summed E-state index contributed by atoms with van der Waals surface area (Å²) in [6, 6.07) is 9.18. The topological polar surface area (TPSA) is 102 Å². The van der Waals surface area contributed by atoms with Gasteiger partial charge in [0.1, 0.15) is 11.6 Å². The Morgan fingerprint density at radius 3 is 2.68 bits per heavy atom. The lowest BCUT2D eigenvalue weighted by atomic mass is 10.3. The molecule has 100 valence electrons. The molecular weight excluding hydrogens is 244 g/mol. The number of nitrogens with two attached hydrogens (primary N) is 2. The molecule has 0 atom stereocenters. The molecule has 0 aliphatic rings. The maximum absolute atomic E-state index is 5.64. The third-order valence-electron chi connectivity index (χ3n) is 2.42. The number of ether oxygens (including phenoxy) is 1. The lowest BCUT2D eigenvalue weighted by molar-refractivity contribution is 0.463. The van der Waals surface area contributed by atoms with Gasteiger partial charge in [0, 0.05) is 31.9 Å². The predicted molar refractivity (Wildman–Crippen MR) is 75.1 cm³/mol. The highest BCUT2D eigenvalue weighted by Gasteiger charge is 2.05. The molecule has 0 unspecified atom stereocenters. The summed E-state index contributed by atoms with van der Waals surface area (Å²) >= 11 is 0. The van der Waals surface area contributed by atoms with Crippen molar-refractivity contribution in [2.45, 2.75) is 0 Å². The fourth-order valence-corrected chi connectivity index (χ4v) is 1.51. The zero-order valence-electron chi connectivity index (χ0n) is 10.8. The van der Waals surface area contributed by atoms with Gasteiger partial charge in [-0.2, -0.15) is 9.97 Å². The molecule has 7 nitrogen and oxygen atoms in total. The van der Waals surface area contributed by atoms with E-state index in [9.17, 15) is 0 Å². The first kappa shape index (κ1) is 12.9. The van der Waals surface area contributed by atoms with Crippen LogP contribution in [0.4, 0.5) is 17.5 Å². The van der Waals surface area contributed by atoms with Crippen LogP contribution in [-0.2, 0) is 0 Å². The first-order valence-corrected chi connectivity index (χ1v) is 5.65. The average molecular weight is 260 g/mol. The standard InChI is InChI=1S/C12H16N6O/c1-18(2)8-4-3-5-9(6-8)19-11-7-10(17-14)15-12(13)16-11/h3-7H,14H2,1-2H3,(H3,13,15,16,17). The highest BCUT2D eigenvalue weighted by atomic mass is 16.5. The van der Waals surface area contributed by atoms with Crippen molar-refractivity contribution >= 4 is 17.5 Å². The van der Waals surface area contributed by atoms with Crippen LogP contribution >= 0.6 is 0 Å². The van der Waals surface area contributed by atoms with Crippen molar-refractivity contribution in [2.75, 3.05) is 30.2 Å². The van der Waals surface area contributed by atoms with E-state index in [1.165, 1.54) is 0 Å². The van der Waals surface area contributed by atoms with E-state index in [0.29, 0.717) is 17.4 Å². The quantitative estimate of drug-likeness (QED) is 0.560. The summed E-state index contributed by atoms with van der Waals surface area (Å²) < 4.78 is 5.64. The number of hydrazine groups is 1. The number of nitrogens with one attached hydrogen (secondary N) is 1. The van der Waals surface area contributed by atoms with Gasteiger partial charge in [-0.05, 0) is 12.1 Å². The summed E-state index contributed by atoms with van der Waals surface area (Å²) in [5, 5.41) is 0. The Morgan fingerprint density at radius 2 is 2.00 bits per heavy atom. The van der Waals surface area contributed by atoms with Crippen LogP contribution in [-0.4, -0.2) is 24.1 Å². The third-order valence-corrected chi connectivity index (χ3v) is 2.42. The van der Waals surface area contributed by atoms with Crippen LogP contribution in [0.2, 0.25) is 0 Å². The number of nitrogen functional groups attached to an aromatic ring is 2. The monoisotopic (exact) mass is 260 g/mol. The van der Waals surface area contributed by atoms with Crippen LogP contribution in [0, 0.1) is 0 Å². The maximum Gasteiger partial charge on any atom is 0.226 e. The van der Waals surface area contributed by atoms with Gasteiger partial charge < -0.3 is 20.8 Å². The van der Waals surface area contributed by atoms with Gasteiger partial charge >= 0.3 is 0 Å². The second kappa shape index (κ2) is 5.40. The van der Waals surface area contributed by atoms with E-state index < -0.39 is 0 Å². The van der Waals surface area contributed by atoms with Crippen molar-refractivity contribution in [1.82, 2.24) is 9.97 Å². The first-order valence-electron chi connectivity index (χ1n) is 5.65. The molecule has 1 aromatic carbocycles. The second-order valence-electron chi connectivity index (χ2n) is 4.09. The first-order chi connectivity index (χ1) is 9.08. The molecule has 7 heteroatoms. The zero-order chi connectivity index (χ0) is 13.8. The number of rotatable bonds is 4. The van der Waals surface area contributed by atoms with Gasteiger partial charge in [0.2, 0.25) is 11.8 Å². The molecule has 0 saturated heterocycles. The minimum Gasteiger partial charge on any atom is -0.439 e. The van der Waals surface area contributed by atoms with Crippen LogP contribution < -0.4 is 26.6 Å². The summed E-state index contributed by atoms with van der Waals surface area (Å²) in [6.07, 6.45) is 0. The van der Waals surface area contributed by atoms with E-state index in [-0.39, 0.29) is 5.95 Å². The van der Waals surface area contributed by atoms with Crippen LogP contribution in [0.1, 0.15) is 0 Å². The normalized spacial score (nSPS) is 10.1. The minimum atomic E-state index is 0.0919. The molecule has 0 amide bonds. The molecule has 0 fully saturated rings. The van der Waals surface area contributed by atoms with Gasteiger partial charge in [-0.15, -0.1) is 0 Å². The molecule has 1 aromatic heterocycles. The molecule has 0 radical (unpaired) electrons. The Labute approximate surface area is 111 Å². The molecule has 1 heterocycles. The minimum absolute atomic E-state index is 0.0919. The number of nitrogens with zero attached hydrogens (tertiary/aromatic N) is 3. The summed E-state index contributed by atoms with van der Waals surface area (Å²) in [4.78, 5) is 9.85. The fourth-order valence-electron chi connectivity index (χ4n) is 1.51. The van der Waals surface area contributed by atoms with Crippen molar-refractivity contribution in [1.29, 1.82) is 0 Å². The summed E-state index contributed by atoms with van der Waals surface area (Å²) in [5.41, 5.74) is 8.99. The Hall–Kier alpha value is -2.54. The van der Waals surface area contributed by atoms with Gasteiger partial charge in [0.05, 0.1) is 0 Å². The smallest absolute Gasteiger partial charge is 0.226 e. The number of benzene rings is 1. The maximum atomic E-state index is 5.64. The van der Waals surface area contributed by atoms with Gasteiger partial charge in [0.25, 0.3) is 0 Å². The molecule has 5 N–H and O–H groups in total. The van der Waals surface area contributed by atoms with E-state index in [1.807, 2.05) is 43.3 Å². The van der Waals surface area contributed by atoms with Crippen LogP contribution in [0.25, 0.3) is 0 Å². The molecule has 0 saturated carbocycles. The summed E-state index contributed by atoms with van der Waals surface area (Å²) in [7, 11) is 3.91.